The summed E-state index contributed by atoms with van der Waals surface area (Å²) >= 11 is 0. The standard InChI is InChI=1S/C25H18N2O7/c26-15-18-13-7-8-14-19(18)27-22(28)20(33-24(31)16-9-3-1-4-10-16)21(23(29)30)34-25(32)17-11-5-2-6-12-17/h1-14,20-21H,(H,27,28)(H,29,30)/t20-,21+/m1/s1. The predicted octanol–water partition coefficient (Wildman–Crippen LogP) is 3.03. The fourth-order valence-electron chi connectivity index (χ4n) is 2.90. The molecule has 1 amide bonds. The molecule has 34 heavy (non-hydrogen) atoms. The first-order valence-corrected chi connectivity index (χ1v) is 9.95. The van der Waals surface area contributed by atoms with Gasteiger partial charge < -0.3 is 19.9 Å². The van der Waals surface area contributed by atoms with Gasteiger partial charge in [0.1, 0.15) is 6.07 Å². The van der Waals surface area contributed by atoms with Crippen molar-refractivity contribution in [1.29, 1.82) is 5.26 Å². The van der Waals surface area contributed by atoms with E-state index in [9.17, 15) is 29.5 Å². The van der Waals surface area contributed by atoms with E-state index in [4.69, 9.17) is 9.47 Å². The number of hydrogen-bond donors (Lipinski definition) is 2. The fourth-order valence-corrected chi connectivity index (χ4v) is 2.90. The number of nitrogens with one attached hydrogen (secondary N) is 1. The third-order valence-electron chi connectivity index (χ3n) is 4.57. The van der Waals surface area contributed by atoms with Crippen molar-refractivity contribution in [1.82, 2.24) is 0 Å². The highest BCUT2D eigenvalue weighted by molar-refractivity contribution is 6.02. The van der Waals surface area contributed by atoms with E-state index in [0.717, 1.165) is 0 Å². The third kappa shape index (κ3) is 5.83. The monoisotopic (exact) mass is 458 g/mol. The summed E-state index contributed by atoms with van der Waals surface area (Å²) in [4.78, 5) is 50.2. The molecular weight excluding hydrogens is 440 g/mol. The van der Waals surface area contributed by atoms with Crippen molar-refractivity contribution in [2.24, 2.45) is 0 Å². The van der Waals surface area contributed by atoms with E-state index in [-0.39, 0.29) is 22.4 Å². The molecule has 2 N–H and O–H groups in total. The van der Waals surface area contributed by atoms with Crippen LogP contribution in [0.1, 0.15) is 26.3 Å². The van der Waals surface area contributed by atoms with Gasteiger partial charge in [0.05, 0.1) is 22.4 Å². The Bertz CT molecular complexity index is 1240. The van der Waals surface area contributed by atoms with Crippen LogP contribution in [0.5, 0.6) is 0 Å². The highest BCUT2D eigenvalue weighted by Gasteiger charge is 2.41. The number of ether oxygens (including phenoxy) is 2. The SMILES string of the molecule is N#Cc1ccccc1NC(=O)[C@H](OC(=O)c1ccccc1)[C@H](OC(=O)c1ccccc1)C(=O)O. The van der Waals surface area contributed by atoms with Crippen LogP contribution in [-0.2, 0) is 19.1 Å². The number of benzene rings is 3. The fraction of sp³-hybridized carbons (Fsp3) is 0.0800. The first kappa shape index (κ1) is 23.7. The number of hydrogen-bond acceptors (Lipinski definition) is 7. The summed E-state index contributed by atoms with van der Waals surface area (Å²) in [6, 6.07) is 23.0. The lowest BCUT2D eigenvalue weighted by Crippen LogP contribution is -2.48. The number of rotatable bonds is 8. The van der Waals surface area contributed by atoms with Crippen molar-refractivity contribution in [3.8, 4) is 6.07 Å². The summed E-state index contributed by atoms with van der Waals surface area (Å²) in [6.45, 7) is 0. The zero-order valence-corrected chi connectivity index (χ0v) is 17.6. The Morgan fingerprint density at radius 2 is 1.21 bits per heavy atom. The topological polar surface area (TPSA) is 143 Å². The lowest BCUT2D eigenvalue weighted by Gasteiger charge is -2.23. The van der Waals surface area contributed by atoms with Crippen LogP contribution in [0.2, 0.25) is 0 Å². The number of carboxylic acid groups (broad SMARTS) is 1. The summed E-state index contributed by atoms with van der Waals surface area (Å²) in [5, 5.41) is 21.4. The molecule has 3 aromatic rings. The summed E-state index contributed by atoms with van der Waals surface area (Å²) < 4.78 is 10.3. The Hall–Kier alpha value is -4.97. The van der Waals surface area contributed by atoms with Crippen molar-refractivity contribution < 1.29 is 33.8 Å². The Balaban J connectivity index is 1.93. The van der Waals surface area contributed by atoms with E-state index in [2.05, 4.69) is 5.32 Å². The Kier molecular flexibility index (Phi) is 7.71. The highest BCUT2D eigenvalue weighted by Crippen LogP contribution is 2.18. The van der Waals surface area contributed by atoms with E-state index in [0.29, 0.717) is 0 Å². The zero-order chi connectivity index (χ0) is 24.5. The quantitative estimate of drug-likeness (QED) is 0.491. The molecule has 0 fully saturated rings. The lowest BCUT2D eigenvalue weighted by atomic mass is 10.1. The molecule has 3 rings (SSSR count). The number of anilines is 1. The van der Waals surface area contributed by atoms with Crippen LogP contribution in [0.25, 0.3) is 0 Å². The van der Waals surface area contributed by atoms with Crippen LogP contribution in [0.15, 0.2) is 84.9 Å². The Morgan fingerprint density at radius 3 is 1.71 bits per heavy atom. The number of nitriles is 1. The van der Waals surface area contributed by atoms with E-state index < -0.39 is 36.0 Å². The molecule has 0 radical (unpaired) electrons. The average Bonchev–Trinajstić information content (AvgIpc) is 2.87. The van der Waals surface area contributed by atoms with Crippen molar-refractivity contribution in [3.63, 3.8) is 0 Å². The Labute approximate surface area is 194 Å². The molecule has 9 heteroatoms. The highest BCUT2D eigenvalue weighted by atomic mass is 16.6. The summed E-state index contributed by atoms with van der Waals surface area (Å²) in [5.41, 5.74) is 0.250. The van der Waals surface area contributed by atoms with Gasteiger partial charge in [-0.3, -0.25) is 4.79 Å². The largest absolute Gasteiger partial charge is 0.478 e. The third-order valence-corrected chi connectivity index (χ3v) is 4.57. The van der Waals surface area contributed by atoms with Crippen LogP contribution in [-0.4, -0.2) is 41.1 Å². The molecule has 0 saturated heterocycles. The summed E-state index contributed by atoms with van der Waals surface area (Å²) in [6.07, 6.45) is -4.24. The maximum absolute atomic E-state index is 13.1. The van der Waals surface area contributed by atoms with E-state index in [1.807, 2.05) is 6.07 Å². The summed E-state index contributed by atoms with van der Waals surface area (Å²) in [5.74, 6) is -4.84. The molecule has 0 spiro atoms. The van der Waals surface area contributed by atoms with E-state index in [1.165, 1.54) is 36.4 Å². The maximum atomic E-state index is 13.1. The molecule has 9 nitrogen and oxygen atoms in total. The molecule has 0 saturated carbocycles. The van der Waals surface area contributed by atoms with Crippen LogP contribution in [0, 0.1) is 11.3 Å². The van der Waals surface area contributed by atoms with Gasteiger partial charge in [-0.15, -0.1) is 0 Å². The molecule has 0 aliphatic carbocycles. The summed E-state index contributed by atoms with van der Waals surface area (Å²) in [7, 11) is 0. The van der Waals surface area contributed by atoms with Gasteiger partial charge in [0.15, 0.2) is 0 Å². The first-order valence-electron chi connectivity index (χ1n) is 9.95. The van der Waals surface area contributed by atoms with Crippen molar-refractivity contribution in [2.75, 3.05) is 5.32 Å². The van der Waals surface area contributed by atoms with Crippen LogP contribution in [0.4, 0.5) is 5.69 Å². The number of para-hydroxylation sites is 1. The number of carboxylic acids is 1. The smallest absolute Gasteiger partial charge is 0.349 e. The van der Waals surface area contributed by atoms with E-state index in [1.54, 1.807) is 48.5 Å². The number of aliphatic carboxylic acids is 1. The molecule has 170 valence electrons. The number of nitrogens with zero attached hydrogens (tertiary/aromatic N) is 1. The molecular formula is C25H18N2O7. The lowest BCUT2D eigenvalue weighted by molar-refractivity contribution is -0.157. The average molecular weight is 458 g/mol. The number of carbonyl (C=O) groups excluding carboxylic acids is 3. The molecule has 0 aliphatic rings. The molecule has 3 aromatic carbocycles. The molecule has 0 heterocycles. The molecule has 0 bridgehead atoms. The molecule has 0 unspecified atom stereocenters. The van der Waals surface area contributed by atoms with Gasteiger partial charge >= 0.3 is 17.9 Å². The van der Waals surface area contributed by atoms with Crippen molar-refractivity contribution in [2.45, 2.75) is 12.2 Å². The minimum Gasteiger partial charge on any atom is -0.478 e. The van der Waals surface area contributed by atoms with Crippen LogP contribution >= 0.6 is 0 Å². The van der Waals surface area contributed by atoms with Gasteiger partial charge in [-0.05, 0) is 36.4 Å². The van der Waals surface area contributed by atoms with Gasteiger partial charge in [0.2, 0.25) is 12.2 Å². The molecule has 0 aliphatic heterocycles. The molecule has 0 aromatic heterocycles. The van der Waals surface area contributed by atoms with Gasteiger partial charge in [0, 0.05) is 0 Å². The normalized spacial score (nSPS) is 11.9. The van der Waals surface area contributed by atoms with Crippen LogP contribution in [0.3, 0.4) is 0 Å². The van der Waals surface area contributed by atoms with E-state index >= 15 is 0 Å². The zero-order valence-electron chi connectivity index (χ0n) is 17.6. The predicted molar refractivity (Wildman–Crippen MR) is 119 cm³/mol. The second-order valence-corrected chi connectivity index (χ2v) is 6.87. The van der Waals surface area contributed by atoms with Gasteiger partial charge in [-0.1, -0.05) is 48.5 Å². The van der Waals surface area contributed by atoms with Crippen molar-refractivity contribution in [3.05, 3.63) is 102 Å². The molecule has 2 atom stereocenters. The Morgan fingerprint density at radius 1 is 0.735 bits per heavy atom. The van der Waals surface area contributed by atoms with Gasteiger partial charge in [-0.2, -0.15) is 5.26 Å². The second-order valence-electron chi connectivity index (χ2n) is 6.87. The number of amides is 1. The van der Waals surface area contributed by atoms with Crippen molar-refractivity contribution >= 4 is 29.5 Å². The van der Waals surface area contributed by atoms with Gasteiger partial charge in [-0.25, -0.2) is 14.4 Å². The number of esters is 2. The minimum absolute atomic E-state index is 0.0390. The maximum Gasteiger partial charge on any atom is 0.349 e. The number of carbonyl (C=O) groups is 4. The first-order chi connectivity index (χ1) is 16.4. The second kappa shape index (κ2) is 11.1. The minimum atomic E-state index is -2.17. The van der Waals surface area contributed by atoms with Gasteiger partial charge in [0.25, 0.3) is 5.91 Å². The van der Waals surface area contributed by atoms with Crippen LogP contribution < -0.4 is 5.32 Å².